The van der Waals surface area contributed by atoms with Gasteiger partial charge in [0.25, 0.3) is 0 Å². The van der Waals surface area contributed by atoms with E-state index in [9.17, 15) is 4.79 Å². The Morgan fingerprint density at radius 1 is 1.26 bits per heavy atom. The number of amides is 1. The van der Waals surface area contributed by atoms with Crippen molar-refractivity contribution >= 4 is 5.91 Å². The highest BCUT2D eigenvalue weighted by Crippen LogP contribution is 2.36. The Balaban J connectivity index is 1.49. The predicted molar refractivity (Wildman–Crippen MR) is 118 cm³/mol. The first-order valence-corrected chi connectivity index (χ1v) is 11.0. The molecule has 1 saturated heterocycles. The van der Waals surface area contributed by atoms with Gasteiger partial charge in [0, 0.05) is 32.3 Å². The van der Waals surface area contributed by atoms with Crippen molar-refractivity contribution in [3.05, 3.63) is 53.5 Å². The highest BCUT2D eigenvalue weighted by Gasteiger charge is 2.32. The van der Waals surface area contributed by atoms with Gasteiger partial charge >= 0.3 is 0 Å². The van der Waals surface area contributed by atoms with Crippen LogP contribution in [0.4, 0.5) is 0 Å². The van der Waals surface area contributed by atoms with Crippen LogP contribution in [0.25, 0.3) is 11.3 Å². The molecule has 31 heavy (non-hydrogen) atoms. The van der Waals surface area contributed by atoms with Gasteiger partial charge in [0.05, 0.1) is 29.6 Å². The molecule has 1 unspecified atom stereocenters. The maximum Gasteiger partial charge on any atom is 0.223 e. The molecule has 3 aromatic rings. The summed E-state index contributed by atoms with van der Waals surface area (Å²) in [6.45, 7) is 5.29. The first-order chi connectivity index (χ1) is 15.0. The van der Waals surface area contributed by atoms with E-state index in [1.54, 1.807) is 4.68 Å². The van der Waals surface area contributed by atoms with Crippen molar-refractivity contribution in [1.29, 1.82) is 0 Å². The van der Waals surface area contributed by atoms with Crippen molar-refractivity contribution in [3.8, 4) is 17.1 Å². The summed E-state index contributed by atoms with van der Waals surface area (Å²) in [7, 11) is 1.90. The molecule has 1 amide bonds. The fourth-order valence-corrected chi connectivity index (χ4v) is 4.26. The SMILES string of the molecule is CCOc1ccc(CCC(=O)N2CCCCC2c2nn(C)cc2-c2cc(C)no2)cc1. The van der Waals surface area contributed by atoms with Crippen molar-refractivity contribution in [3.63, 3.8) is 0 Å². The molecule has 1 fully saturated rings. The molecule has 4 rings (SSSR count). The number of rotatable bonds is 7. The molecule has 1 aromatic carbocycles. The zero-order chi connectivity index (χ0) is 21.8. The number of piperidine rings is 1. The zero-order valence-electron chi connectivity index (χ0n) is 18.5. The average Bonchev–Trinajstić information content (AvgIpc) is 3.38. The van der Waals surface area contributed by atoms with Gasteiger partial charge in [-0.2, -0.15) is 5.10 Å². The molecule has 0 spiro atoms. The van der Waals surface area contributed by atoms with Crippen LogP contribution in [0, 0.1) is 6.92 Å². The van der Waals surface area contributed by atoms with Crippen LogP contribution in [-0.4, -0.2) is 38.9 Å². The second-order valence-corrected chi connectivity index (χ2v) is 8.11. The number of ether oxygens (including phenoxy) is 1. The van der Waals surface area contributed by atoms with Gasteiger partial charge in [-0.25, -0.2) is 0 Å². The van der Waals surface area contributed by atoms with Crippen LogP contribution < -0.4 is 4.74 Å². The topological polar surface area (TPSA) is 73.4 Å². The Morgan fingerprint density at radius 3 is 2.77 bits per heavy atom. The summed E-state index contributed by atoms with van der Waals surface area (Å²) < 4.78 is 12.8. The van der Waals surface area contributed by atoms with Crippen molar-refractivity contribution in [2.24, 2.45) is 7.05 Å². The molecule has 1 atom stereocenters. The smallest absolute Gasteiger partial charge is 0.223 e. The van der Waals surface area contributed by atoms with Gasteiger partial charge < -0.3 is 14.2 Å². The van der Waals surface area contributed by atoms with Crippen LogP contribution >= 0.6 is 0 Å². The van der Waals surface area contributed by atoms with Crippen LogP contribution in [0.3, 0.4) is 0 Å². The van der Waals surface area contributed by atoms with E-state index in [1.165, 1.54) is 0 Å². The Bertz CT molecular complexity index is 1020. The lowest BCUT2D eigenvalue weighted by Crippen LogP contribution is -2.39. The molecule has 7 nitrogen and oxygen atoms in total. The molecule has 164 valence electrons. The van der Waals surface area contributed by atoms with Crippen LogP contribution in [-0.2, 0) is 18.3 Å². The van der Waals surface area contributed by atoms with E-state index in [0.29, 0.717) is 25.2 Å². The summed E-state index contributed by atoms with van der Waals surface area (Å²) in [5, 5.41) is 8.74. The third-order valence-corrected chi connectivity index (χ3v) is 5.75. The molecule has 3 heterocycles. The lowest BCUT2D eigenvalue weighted by molar-refractivity contribution is -0.135. The van der Waals surface area contributed by atoms with E-state index < -0.39 is 0 Å². The van der Waals surface area contributed by atoms with Gasteiger partial charge in [-0.05, 0) is 57.2 Å². The molecule has 0 saturated carbocycles. The molecule has 1 aliphatic rings. The summed E-state index contributed by atoms with van der Waals surface area (Å²) in [6.07, 6.45) is 6.16. The molecule has 0 bridgehead atoms. The van der Waals surface area contributed by atoms with Crippen molar-refractivity contribution in [2.45, 2.75) is 52.0 Å². The predicted octanol–water partition coefficient (Wildman–Crippen LogP) is 4.47. The van der Waals surface area contributed by atoms with Crippen molar-refractivity contribution < 1.29 is 14.1 Å². The number of aromatic nitrogens is 3. The molecular formula is C24H30N4O3. The Kier molecular flexibility index (Phi) is 6.39. The lowest BCUT2D eigenvalue weighted by atomic mass is 9.95. The number of hydrogen-bond donors (Lipinski definition) is 0. The van der Waals surface area contributed by atoms with Gasteiger partial charge in [-0.15, -0.1) is 0 Å². The number of carbonyl (C=O) groups excluding carboxylic acids is 1. The normalized spacial score (nSPS) is 16.5. The second kappa shape index (κ2) is 9.37. The standard InChI is InChI=1S/C24H30N4O3/c1-4-30-19-11-8-18(9-12-19)10-13-23(29)28-14-6-5-7-21(28)24-20(16-27(3)25-24)22-15-17(2)26-31-22/h8-9,11-12,15-16,21H,4-7,10,13-14H2,1-3H3. The van der Waals surface area contributed by atoms with E-state index in [4.69, 9.17) is 14.4 Å². The largest absolute Gasteiger partial charge is 0.494 e. The summed E-state index contributed by atoms with van der Waals surface area (Å²) >= 11 is 0. The first-order valence-electron chi connectivity index (χ1n) is 11.0. The average molecular weight is 423 g/mol. The Hall–Kier alpha value is -3.09. The first kappa shape index (κ1) is 21.2. The van der Waals surface area contributed by atoms with E-state index in [2.05, 4.69) is 5.16 Å². The number of benzene rings is 1. The monoisotopic (exact) mass is 422 g/mol. The number of aryl methyl sites for hydroxylation is 3. The quantitative estimate of drug-likeness (QED) is 0.562. The summed E-state index contributed by atoms with van der Waals surface area (Å²) in [5.74, 6) is 1.73. The number of hydrogen-bond acceptors (Lipinski definition) is 5. The minimum Gasteiger partial charge on any atom is -0.494 e. The van der Waals surface area contributed by atoms with E-state index >= 15 is 0 Å². The number of likely N-dealkylation sites (tertiary alicyclic amines) is 1. The molecule has 7 heteroatoms. The van der Waals surface area contributed by atoms with E-state index in [1.807, 2.05) is 62.3 Å². The Labute approximate surface area is 183 Å². The molecule has 0 radical (unpaired) electrons. The summed E-state index contributed by atoms with van der Waals surface area (Å²) in [5.41, 5.74) is 3.78. The minimum absolute atomic E-state index is 0.0387. The van der Waals surface area contributed by atoms with Gasteiger partial charge in [-0.3, -0.25) is 9.48 Å². The van der Waals surface area contributed by atoms with Crippen molar-refractivity contribution in [2.75, 3.05) is 13.2 Å². The third kappa shape index (κ3) is 4.81. The van der Waals surface area contributed by atoms with Crippen molar-refractivity contribution in [1.82, 2.24) is 19.8 Å². The third-order valence-electron chi connectivity index (χ3n) is 5.75. The van der Waals surface area contributed by atoms with Crippen LogP contribution in [0.1, 0.15) is 55.6 Å². The summed E-state index contributed by atoms with van der Waals surface area (Å²) in [4.78, 5) is 15.2. The second-order valence-electron chi connectivity index (χ2n) is 8.11. The van der Waals surface area contributed by atoms with Gasteiger partial charge in [-0.1, -0.05) is 17.3 Å². The minimum atomic E-state index is -0.0387. The molecule has 2 aromatic heterocycles. The summed E-state index contributed by atoms with van der Waals surface area (Å²) in [6, 6.07) is 9.88. The maximum absolute atomic E-state index is 13.2. The number of nitrogens with zero attached hydrogens (tertiary/aromatic N) is 4. The zero-order valence-corrected chi connectivity index (χ0v) is 18.5. The van der Waals surface area contributed by atoms with Crippen LogP contribution in [0.5, 0.6) is 5.75 Å². The number of carbonyl (C=O) groups is 1. The molecule has 0 aliphatic carbocycles. The van der Waals surface area contributed by atoms with E-state index in [0.717, 1.165) is 54.1 Å². The van der Waals surface area contributed by atoms with E-state index in [-0.39, 0.29) is 11.9 Å². The van der Waals surface area contributed by atoms with Crippen LogP contribution in [0.2, 0.25) is 0 Å². The molecule has 0 N–H and O–H groups in total. The Morgan fingerprint density at radius 2 is 2.06 bits per heavy atom. The fraction of sp³-hybridized carbons (Fsp3) is 0.458. The molecule has 1 aliphatic heterocycles. The highest BCUT2D eigenvalue weighted by atomic mass is 16.5. The maximum atomic E-state index is 13.2. The van der Waals surface area contributed by atoms with Gasteiger partial charge in [0.1, 0.15) is 5.75 Å². The fourth-order valence-electron chi connectivity index (χ4n) is 4.26. The van der Waals surface area contributed by atoms with Gasteiger partial charge in [0.15, 0.2) is 5.76 Å². The van der Waals surface area contributed by atoms with Crippen LogP contribution in [0.15, 0.2) is 41.1 Å². The van der Waals surface area contributed by atoms with Gasteiger partial charge in [0.2, 0.25) is 5.91 Å². The lowest BCUT2D eigenvalue weighted by Gasteiger charge is -2.35. The molecular weight excluding hydrogens is 392 g/mol. The highest BCUT2D eigenvalue weighted by molar-refractivity contribution is 5.77.